The Morgan fingerprint density at radius 1 is 1.57 bits per heavy atom. The third-order valence-corrected chi connectivity index (χ3v) is 1.68. The molecule has 0 aliphatic carbocycles. The normalized spacial score (nSPS) is 12.5. The SMILES string of the molecule is CCOCC(C)Nc1cccc(F)n1. The molecule has 4 heteroatoms. The molecule has 0 aliphatic heterocycles. The van der Waals surface area contributed by atoms with Gasteiger partial charge in [-0.2, -0.15) is 4.39 Å². The highest BCUT2D eigenvalue weighted by molar-refractivity contribution is 5.34. The predicted molar refractivity (Wildman–Crippen MR) is 53.8 cm³/mol. The van der Waals surface area contributed by atoms with Gasteiger partial charge in [0.1, 0.15) is 5.82 Å². The van der Waals surface area contributed by atoms with Crippen LogP contribution in [0.5, 0.6) is 0 Å². The van der Waals surface area contributed by atoms with Gasteiger partial charge in [0.25, 0.3) is 0 Å². The van der Waals surface area contributed by atoms with Crippen LogP contribution in [-0.4, -0.2) is 24.2 Å². The largest absolute Gasteiger partial charge is 0.380 e. The summed E-state index contributed by atoms with van der Waals surface area (Å²) in [7, 11) is 0. The van der Waals surface area contributed by atoms with Gasteiger partial charge in [0.15, 0.2) is 0 Å². The second kappa shape index (κ2) is 5.54. The predicted octanol–water partition coefficient (Wildman–Crippen LogP) is 2.06. The first kappa shape index (κ1) is 10.9. The van der Waals surface area contributed by atoms with Gasteiger partial charge in [-0.3, -0.25) is 0 Å². The first-order chi connectivity index (χ1) is 6.72. The molecule has 0 spiro atoms. The van der Waals surface area contributed by atoms with Crippen LogP contribution in [0, 0.1) is 5.95 Å². The zero-order valence-electron chi connectivity index (χ0n) is 8.46. The van der Waals surface area contributed by atoms with Crippen molar-refractivity contribution in [3.8, 4) is 0 Å². The molecule has 0 saturated carbocycles. The first-order valence-electron chi connectivity index (χ1n) is 4.69. The maximum absolute atomic E-state index is 12.7. The molecule has 1 N–H and O–H groups in total. The van der Waals surface area contributed by atoms with Crippen molar-refractivity contribution in [1.29, 1.82) is 0 Å². The van der Waals surface area contributed by atoms with Crippen LogP contribution < -0.4 is 5.32 Å². The van der Waals surface area contributed by atoms with Gasteiger partial charge in [0, 0.05) is 12.6 Å². The smallest absolute Gasteiger partial charge is 0.214 e. The van der Waals surface area contributed by atoms with Gasteiger partial charge in [-0.1, -0.05) is 6.07 Å². The van der Waals surface area contributed by atoms with Crippen LogP contribution in [0.1, 0.15) is 13.8 Å². The molecular weight excluding hydrogens is 183 g/mol. The molecule has 78 valence electrons. The van der Waals surface area contributed by atoms with Crippen molar-refractivity contribution in [1.82, 2.24) is 4.98 Å². The molecule has 1 aromatic heterocycles. The van der Waals surface area contributed by atoms with Crippen LogP contribution in [0.2, 0.25) is 0 Å². The fraction of sp³-hybridized carbons (Fsp3) is 0.500. The summed E-state index contributed by atoms with van der Waals surface area (Å²) in [6, 6.07) is 4.80. The summed E-state index contributed by atoms with van der Waals surface area (Å²) in [6.07, 6.45) is 0. The molecule has 0 aliphatic rings. The lowest BCUT2D eigenvalue weighted by molar-refractivity contribution is 0.141. The van der Waals surface area contributed by atoms with Crippen molar-refractivity contribution in [3.05, 3.63) is 24.1 Å². The molecule has 3 nitrogen and oxygen atoms in total. The van der Waals surface area contributed by atoms with Gasteiger partial charge in [-0.25, -0.2) is 4.98 Å². The summed E-state index contributed by atoms with van der Waals surface area (Å²) in [5, 5.41) is 3.04. The van der Waals surface area contributed by atoms with E-state index in [0.29, 0.717) is 19.0 Å². The van der Waals surface area contributed by atoms with Crippen molar-refractivity contribution in [3.63, 3.8) is 0 Å². The zero-order chi connectivity index (χ0) is 10.4. The van der Waals surface area contributed by atoms with Gasteiger partial charge in [-0.05, 0) is 26.0 Å². The number of aromatic nitrogens is 1. The van der Waals surface area contributed by atoms with Crippen LogP contribution in [0.3, 0.4) is 0 Å². The van der Waals surface area contributed by atoms with Crippen LogP contribution in [0.25, 0.3) is 0 Å². The number of rotatable bonds is 5. The average molecular weight is 198 g/mol. The Balaban J connectivity index is 2.43. The lowest BCUT2D eigenvalue weighted by atomic mass is 10.3. The Bertz CT molecular complexity index is 281. The molecule has 0 saturated heterocycles. The summed E-state index contributed by atoms with van der Waals surface area (Å²) < 4.78 is 17.9. The lowest BCUT2D eigenvalue weighted by Crippen LogP contribution is -2.22. The molecule has 0 amide bonds. The van der Waals surface area contributed by atoms with Crippen LogP contribution >= 0.6 is 0 Å². The number of nitrogens with zero attached hydrogens (tertiary/aromatic N) is 1. The molecule has 1 aromatic rings. The van der Waals surface area contributed by atoms with E-state index in [2.05, 4.69) is 10.3 Å². The molecule has 14 heavy (non-hydrogen) atoms. The quantitative estimate of drug-likeness (QED) is 0.735. The van der Waals surface area contributed by atoms with E-state index in [9.17, 15) is 4.39 Å². The van der Waals surface area contributed by atoms with Gasteiger partial charge in [-0.15, -0.1) is 0 Å². The number of hydrogen-bond donors (Lipinski definition) is 1. The summed E-state index contributed by atoms with van der Waals surface area (Å²) in [4.78, 5) is 3.69. The number of ether oxygens (including phenoxy) is 1. The average Bonchev–Trinajstić information content (AvgIpc) is 2.15. The van der Waals surface area contributed by atoms with Crippen molar-refractivity contribution in [2.24, 2.45) is 0 Å². The summed E-state index contributed by atoms with van der Waals surface area (Å²) in [5.74, 6) is 0.0656. The summed E-state index contributed by atoms with van der Waals surface area (Å²) >= 11 is 0. The lowest BCUT2D eigenvalue weighted by Gasteiger charge is -2.13. The van der Waals surface area contributed by atoms with Gasteiger partial charge < -0.3 is 10.1 Å². The molecule has 1 unspecified atom stereocenters. The fourth-order valence-electron chi connectivity index (χ4n) is 1.08. The minimum atomic E-state index is -0.474. The molecule has 0 fully saturated rings. The second-order valence-corrected chi connectivity index (χ2v) is 3.05. The van der Waals surface area contributed by atoms with Gasteiger partial charge in [0.05, 0.1) is 6.61 Å². The van der Waals surface area contributed by atoms with E-state index in [1.807, 2.05) is 13.8 Å². The van der Waals surface area contributed by atoms with Crippen molar-refractivity contribution >= 4 is 5.82 Å². The highest BCUT2D eigenvalue weighted by atomic mass is 19.1. The first-order valence-corrected chi connectivity index (χ1v) is 4.69. The highest BCUT2D eigenvalue weighted by Crippen LogP contribution is 2.05. The van der Waals surface area contributed by atoms with E-state index in [1.165, 1.54) is 6.07 Å². The van der Waals surface area contributed by atoms with Crippen LogP contribution in [0.4, 0.5) is 10.2 Å². The van der Waals surface area contributed by atoms with Gasteiger partial charge >= 0.3 is 0 Å². The van der Waals surface area contributed by atoms with E-state index < -0.39 is 5.95 Å². The summed E-state index contributed by atoms with van der Waals surface area (Å²) in [6.45, 7) is 5.17. The van der Waals surface area contributed by atoms with E-state index in [4.69, 9.17) is 4.74 Å². The van der Waals surface area contributed by atoms with E-state index in [0.717, 1.165) is 0 Å². The number of halogens is 1. The summed E-state index contributed by atoms with van der Waals surface area (Å²) in [5.41, 5.74) is 0. The van der Waals surface area contributed by atoms with Crippen LogP contribution in [-0.2, 0) is 4.74 Å². The van der Waals surface area contributed by atoms with Crippen molar-refractivity contribution in [2.45, 2.75) is 19.9 Å². The van der Waals surface area contributed by atoms with Crippen molar-refractivity contribution in [2.75, 3.05) is 18.5 Å². The molecule has 0 radical (unpaired) electrons. The van der Waals surface area contributed by atoms with Crippen molar-refractivity contribution < 1.29 is 9.13 Å². The zero-order valence-corrected chi connectivity index (χ0v) is 8.46. The molecule has 0 bridgehead atoms. The Kier molecular flexibility index (Phi) is 4.32. The standard InChI is InChI=1S/C10H15FN2O/c1-3-14-7-8(2)12-10-6-4-5-9(11)13-10/h4-6,8H,3,7H2,1-2H3,(H,12,13). The molecule has 1 heterocycles. The number of pyridine rings is 1. The van der Waals surface area contributed by atoms with E-state index >= 15 is 0 Å². The Morgan fingerprint density at radius 3 is 3.00 bits per heavy atom. The minimum absolute atomic E-state index is 0.129. The number of anilines is 1. The topological polar surface area (TPSA) is 34.1 Å². The molecule has 1 rings (SSSR count). The van der Waals surface area contributed by atoms with E-state index in [1.54, 1.807) is 12.1 Å². The maximum atomic E-state index is 12.7. The Morgan fingerprint density at radius 2 is 2.36 bits per heavy atom. The number of hydrogen-bond acceptors (Lipinski definition) is 3. The third-order valence-electron chi connectivity index (χ3n) is 1.68. The molecular formula is C10H15FN2O. The van der Waals surface area contributed by atoms with Gasteiger partial charge in [0.2, 0.25) is 5.95 Å². The highest BCUT2D eigenvalue weighted by Gasteiger charge is 2.02. The fourth-order valence-corrected chi connectivity index (χ4v) is 1.08. The second-order valence-electron chi connectivity index (χ2n) is 3.05. The Labute approximate surface area is 83.3 Å². The maximum Gasteiger partial charge on any atom is 0.214 e. The Hall–Kier alpha value is -1.16. The number of nitrogens with one attached hydrogen (secondary N) is 1. The minimum Gasteiger partial charge on any atom is -0.380 e. The van der Waals surface area contributed by atoms with E-state index in [-0.39, 0.29) is 6.04 Å². The molecule has 0 aromatic carbocycles. The monoisotopic (exact) mass is 198 g/mol. The third kappa shape index (κ3) is 3.70. The molecule has 1 atom stereocenters. The van der Waals surface area contributed by atoms with Crippen LogP contribution in [0.15, 0.2) is 18.2 Å².